The van der Waals surface area contributed by atoms with E-state index in [1.807, 2.05) is 11.8 Å². The number of thioether (sulfide) groups is 1. The van der Waals surface area contributed by atoms with E-state index in [-0.39, 0.29) is 0 Å². The quantitative estimate of drug-likeness (QED) is 0.624. The Bertz CT molecular complexity index is 797. The Labute approximate surface area is 142 Å². The summed E-state index contributed by atoms with van der Waals surface area (Å²) in [6, 6.07) is 19.3. The highest BCUT2D eigenvalue weighted by Crippen LogP contribution is 2.33. The third-order valence-corrected chi connectivity index (χ3v) is 4.77. The molecule has 0 saturated heterocycles. The molecule has 0 spiro atoms. The van der Waals surface area contributed by atoms with E-state index in [1.54, 1.807) is 0 Å². The molecular weight excluding hydrogens is 300 g/mol. The Hall–Kier alpha value is -1.84. The maximum Gasteiger partial charge on any atom is 0.105 e. The summed E-state index contributed by atoms with van der Waals surface area (Å²) in [4.78, 5) is 7.16. The first-order chi connectivity index (χ1) is 11.1. The van der Waals surface area contributed by atoms with Gasteiger partial charge in [-0.05, 0) is 44.3 Å². The van der Waals surface area contributed by atoms with E-state index in [4.69, 9.17) is 4.98 Å². The van der Waals surface area contributed by atoms with Crippen LogP contribution in [-0.4, -0.2) is 36.3 Å². The number of aromatic nitrogens is 1. The predicted molar refractivity (Wildman–Crippen MR) is 101 cm³/mol. The normalized spacial score (nSPS) is 11.3. The molecule has 0 unspecified atom stereocenters. The Morgan fingerprint density at radius 2 is 1.78 bits per heavy atom. The molecule has 23 heavy (non-hydrogen) atoms. The lowest BCUT2D eigenvalue weighted by atomic mass is 10.0. The van der Waals surface area contributed by atoms with E-state index in [9.17, 15) is 0 Å². The smallest absolute Gasteiger partial charge is 0.105 e. The van der Waals surface area contributed by atoms with Gasteiger partial charge >= 0.3 is 0 Å². The molecule has 0 aliphatic rings. The third-order valence-electron chi connectivity index (χ3n) is 3.80. The number of rotatable bonds is 5. The number of pyridine rings is 1. The molecule has 0 N–H and O–H groups in total. The fraction of sp³-hybridized carbons (Fsp3) is 0.250. The van der Waals surface area contributed by atoms with E-state index < -0.39 is 0 Å². The first-order valence-electron chi connectivity index (χ1n) is 7.88. The summed E-state index contributed by atoms with van der Waals surface area (Å²) in [7, 11) is 4.21. The van der Waals surface area contributed by atoms with Crippen LogP contribution in [0.2, 0.25) is 0 Å². The van der Waals surface area contributed by atoms with E-state index in [2.05, 4.69) is 80.5 Å². The highest BCUT2D eigenvalue weighted by Gasteiger charge is 2.10. The summed E-state index contributed by atoms with van der Waals surface area (Å²) >= 11 is 1.84. The molecule has 0 bridgehead atoms. The summed E-state index contributed by atoms with van der Waals surface area (Å²) < 4.78 is 0. The molecule has 3 aromatic rings. The largest absolute Gasteiger partial charge is 0.309 e. The molecule has 0 atom stereocenters. The van der Waals surface area contributed by atoms with Gasteiger partial charge in [0.15, 0.2) is 0 Å². The number of nitrogens with zero attached hydrogens (tertiary/aromatic N) is 2. The minimum absolute atomic E-state index is 1.04. The van der Waals surface area contributed by atoms with Crippen molar-refractivity contribution in [3.63, 3.8) is 0 Å². The van der Waals surface area contributed by atoms with Crippen molar-refractivity contribution in [1.29, 1.82) is 0 Å². The molecule has 1 heterocycles. The molecule has 0 aliphatic carbocycles. The van der Waals surface area contributed by atoms with Gasteiger partial charge < -0.3 is 4.90 Å². The van der Waals surface area contributed by atoms with Crippen molar-refractivity contribution in [2.24, 2.45) is 0 Å². The van der Waals surface area contributed by atoms with Crippen molar-refractivity contribution in [3.8, 4) is 11.1 Å². The summed E-state index contributed by atoms with van der Waals surface area (Å²) in [6.45, 7) is 3.16. The third kappa shape index (κ3) is 3.92. The van der Waals surface area contributed by atoms with Gasteiger partial charge in [0, 0.05) is 23.2 Å². The molecule has 3 rings (SSSR count). The van der Waals surface area contributed by atoms with Crippen molar-refractivity contribution in [1.82, 2.24) is 9.88 Å². The van der Waals surface area contributed by atoms with Crippen LogP contribution in [-0.2, 0) is 0 Å². The summed E-state index contributed by atoms with van der Waals surface area (Å²) in [5.74, 6) is 1.04. The highest BCUT2D eigenvalue weighted by molar-refractivity contribution is 7.99. The van der Waals surface area contributed by atoms with Gasteiger partial charge in [-0.3, -0.25) is 0 Å². The lowest BCUT2D eigenvalue weighted by Crippen LogP contribution is -2.14. The zero-order valence-electron chi connectivity index (χ0n) is 13.9. The van der Waals surface area contributed by atoms with Crippen LogP contribution in [0.25, 0.3) is 22.0 Å². The molecule has 1 aromatic heterocycles. The van der Waals surface area contributed by atoms with Gasteiger partial charge in [-0.15, -0.1) is 11.8 Å². The van der Waals surface area contributed by atoms with Crippen molar-refractivity contribution in [3.05, 3.63) is 60.2 Å². The summed E-state index contributed by atoms with van der Waals surface area (Å²) in [6.07, 6.45) is 0. The van der Waals surface area contributed by atoms with Gasteiger partial charge in [-0.25, -0.2) is 4.98 Å². The first-order valence-corrected chi connectivity index (χ1v) is 8.86. The zero-order chi connectivity index (χ0) is 16.2. The van der Waals surface area contributed by atoms with Gasteiger partial charge in [0.05, 0.1) is 5.52 Å². The average molecular weight is 322 g/mol. The van der Waals surface area contributed by atoms with Gasteiger partial charge in [-0.2, -0.15) is 0 Å². The monoisotopic (exact) mass is 322 g/mol. The standard InChI is InChI=1S/C20H22N2S/c1-15-9-10-17-14-18(16-7-5-4-6-8-16)20(21-19(17)13-15)23-12-11-22(2)3/h4-10,13-14H,11-12H2,1-3H3. The van der Waals surface area contributed by atoms with E-state index in [0.717, 1.165) is 22.8 Å². The second kappa shape index (κ2) is 7.16. The average Bonchev–Trinajstić information content (AvgIpc) is 2.54. The van der Waals surface area contributed by atoms with Crippen LogP contribution >= 0.6 is 11.8 Å². The number of aryl methyl sites for hydroxylation is 1. The van der Waals surface area contributed by atoms with Gasteiger partial charge in [0.1, 0.15) is 5.03 Å². The van der Waals surface area contributed by atoms with Gasteiger partial charge in [0.2, 0.25) is 0 Å². The van der Waals surface area contributed by atoms with Crippen LogP contribution in [0.1, 0.15) is 5.56 Å². The van der Waals surface area contributed by atoms with Crippen molar-refractivity contribution < 1.29 is 0 Å². The number of fused-ring (bicyclic) bond motifs is 1. The molecule has 118 valence electrons. The molecule has 0 saturated carbocycles. The van der Waals surface area contributed by atoms with Crippen LogP contribution in [0, 0.1) is 6.92 Å². The Morgan fingerprint density at radius 1 is 1.00 bits per heavy atom. The Balaban J connectivity index is 2.05. The molecule has 3 heteroatoms. The molecule has 0 amide bonds. The Kier molecular flexibility index (Phi) is 4.99. The maximum atomic E-state index is 4.95. The molecule has 0 fully saturated rings. The van der Waals surface area contributed by atoms with E-state index in [0.29, 0.717) is 0 Å². The fourth-order valence-electron chi connectivity index (χ4n) is 2.52. The van der Waals surface area contributed by atoms with Crippen LogP contribution in [0.3, 0.4) is 0 Å². The highest BCUT2D eigenvalue weighted by atomic mass is 32.2. The predicted octanol–water partition coefficient (Wildman–Crippen LogP) is 4.86. The lowest BCUT2D eigenvalue weighted by Gasteiger charge is -2.13. The van der Waals surface area contributed by atoms with Crippen LogP contribution in [0.15, 0.2) is 59.6 Å². The second-order valence-electron chi connectivity index (χ2n) is 6.06. The van der Waals surface area contributed by atoms with Crippen LogP contribution < -0.4 is 0 Å². The van der Waals surface area contributed by atoms with E-state index in [1.165, 1.54) is 22.1 Å². The Morgan fingerprint density at radius 3 is 2.52 bits per heavy atom. The van der Waals surface area contributed by atoms with Crippen molar-refractivity contribution in [2.75, 3.05) is 26.4 Å². The molecule has 2 aromatic carbocycles. The molecule has 2 nitrogen and oxygen atoms in total. The van der Waals surface area contributed by atoms with E-state index >= 15 is 0 Å². The molecular formula is C20H22N2S. The summed E-state index contributed by atoms with van der Waals surface area (Å²) in [5.41, 5.74) is 4.79. The second-order valence-corrected chi connectivity index (χ2v) is 7.14. The molecule has 0 radical (unpaired) electrons. The van der Waals surface area contributed by atoms with Crippen LogP contribution in [0.5, 0.6) is 0 Å². The minimum atomic E-state index is 1.04. The maximum absolute atomic E-state index is 4.95. The fourth-order valence-corrected chi connectivity index (χ4v) is 3.66. The number of hydrogen-bond donors (Lipinski definition) is 0. The van der Waals surface area contributed by atoms with Crippen LogP contribution in [0.4, 0.5) is 0 Å². The van der Waals surface area contributed by atoms with Gasteiger partial charge in [-0.1, -0.05) is 42.5 Å². The first kappa shape index (κ1) is 16.0. The number of benzene rings is 2. The zero-order valence-corrected chi connectivity index (χ0v) is 14.7. The number of hydrogen-bond acceptors (Lipinski definition) is 3. The van der Waals surface area contributed by atoms with Crippen molar-refractivity contribution in [2.45, 2.75) is 11.9 Å². The summed E-state index contributed by atoms with van der Waals surface area (Å²) in [5, 5.41) is 2.32. The van der Waals surface area contributed by atoms with Gasteiger partial charge in [0.25, 0.3) is 0 Å². The van der Waals surface area contributed by atoms with Crippen molar-refractivity contribution >= 4 is 22.7 Å². The minimum Gasteiger partial charge on any atom is -0.309 e. The molecule has 0 aliphatic heterocycles. The topological polar surface area (TPSA) is 16.1 Å². The SMILES string of the molecule is Cc1ccc2cc(-c3ccccc3)c(SCCN(C)C)nc2c1. The lowest BCUT2D eigenvalue weighted by molar-refractivity contribution is 0.437.